The van der Waals surface area contributed by atoms with Gasteiger partial charge in [0.15, 0.2) is 11.5 Å². The summed E-state index contributed by atoms with van der Waals surface area (Å²) >= 11 is 0. The summed E-state index contributed by atoms with van der Waals surface area (Å²) in [6, 6.07) is 5.98. The zero-order valence-corrected chi connectivity index (χ0v) is 17.8. The predicted octanol–water partition coefficient (Wildman–Crippen LogP) is 6.50. The number of aryl methyl sites for hydroxylation is 1. The molecule has 13 heteroatoms. The number of nitrogens with zero attached hydrogens (tertiary/aromatic N) is 1. The molecule has 0 saturated heterocycles. The Hall–Kier alpha value is -4.03. The molecule has 0 aliphatic heterocycles. The first kappa shape index (κ1) is 25.6. The van der Waals surface area contributed by atoms with E-state index in [1.807, 2.05) is 0 Å². The number of halogens is 7. The second-order valence-corrected chi connectivity index (χ2v) is 6.93. The van der Waals surface area contributed by atoms with Gasteiger partial charge < -0.3 is 19.5 Å². The lowest BCUT2D eigenvalue weighted by atomic mass is 10.1. The summed E-state index contributed by atoms with van der Waals surface area (Å²) in [4.78, 5) is 16.7. The minimum absolute atomic E-state index is 0.222. The van der Waals surface area contributed by atoms with E-state index in [9.17, 15) is 35.5 Å². The number of nitrogens with one attached hydrogen (secondary N) is 1. The van der Waals surface area contributed by atoms with Crippen LogP contribution in [0.4, 0.5) is 36.4 Å². The van der Waals surface area contributed by atoms with Crippen molar-refractivity contribution in [3.63, 3.8) is 0 Å². The van der Waals surface area contributed by atoms with Crippen LogP contribution in [0.25, 0.3) is 0 Å². The first-order chi connectivity index (χ1) is 16.3. The fraction of sp³-hybridized carbons (Fsp3) is 0.182. The number of anilines is 1. The molecule has 0 unspecified atom stereocenters. The topological polar surface area (TPSA) is 69.7 Å². The van der Waals surface area contributed by atoms with Gasteiger partial charge in [0.25, 0.3) is 5.91 Å². The summed E-state index contributed by atoms with van der Waals surface area (Å²) in [7, 11) is 1.06. The van der Waals surface area contributed by atoms with Crippen molar-refractivity contribution in [3.05, 3.63) is 71.3 Å². The Labute approximate surface area is 193 Å². The van der Waals surface area contributed by atoms with Crippen molar-refractivity contribution < 1.29 is 49.7 Å². The van der Waals surface area contributed by atoms with Crippen LogP contribution in [-0.2, 0) is 6.18 Å². The van der Waals surface area contributed by atoms with Crippen molar-refractivity contribution in [2.24, 2.45) is 0 Å². The Kier molecular flexibility index (Phi) is 7.08. The highest BCUT2D eigenvalue weighted by Crippen LogP contribution is 2.40. The number of carbonyl (C=O) groups is 1. The second kappa shape index (κ2) is 9.68. The number of methoxy groups -OCH3 is 1. The Morgan fingerprint density at radius 2 is 1.66 bits per heavy atom. The molecule has 1 N–H and O–H groups in total. The van der Waals surface area contributed by atoms with E-state index in [1.54, 1.807) is 6.92 Å². The van der Waals surface area contributed by atoms with Crippen LogP contribution < -0.4 is 19.5 Å². The average Bonchev–Trinajstić information content (AvgIpc) is 2.73. The molecule has 1 amide bonds. The van der Waals surface area contributed by atoms with Crippen LogP contribution in [0.15, 0.2) is 48.7 Å². The number of pyridine rings is 1. The molecule has 0 aliphatic rings. The first-order valence-corrected chi connectivity index (χ1v) is 9.53. The van der Waals surface area contributed by atoms with E-state index in [-0.39, 0.29) is 23.3 Å². The van der Waals surface area contributed by atoms with Crippen LogP contribution in [0.1, 0.15) is 21.6 Å². The molecule has 0 bridgehead atoms. The van der Waals surface area contributed by atoms with Crippen molar-refractivity contribution >= 4 is 11.6 Å². The molecule has 1 aromatic heterocycles. The van der Waals surface area contributed by atoms with Gasteiger partial charge in [-0.1, -0.05) is 0 Å². The highest BCUT2D eigenvalue weighted by molar-refractivity contribution is 6.06. The molecule has 0 fully saturated rings. The number of aromatic nitrogens is 1. The summed E-state index contributed by atoms with van der Waals surface area (Å²) in [5.74, 6) is -4.90. The molecule has 0 atom stereocenters. The summed E-state index contributed by atoms with van der Waals surface area (Å²) in [5.41, 5.74) is -1.61. The monoisotopic (exact) mass is 504 g/mol. The maximum absolute atomic E-state index is 14.3. The van der Waals surface area contributed by atoms with Crippen molar-refractivity contribution in [2.75, 3.05) is 12.4 Å². The number of benzene rings is 2. The number of hydrogen-bond acceptors (Lipinski definition) is 5. The summed E-state index contributed by atoms with van der Waals surface area (Å²) in [6.07, 6.45) is -8.78. The molecule has 1 heterocycles. The molecule has 0 spiro atoms. The van der Waals surface area contributed by atoms with E-state index in [2.05, 4.69) is 15.0 Å². The lowest BCUT2D eigenvalue weighted by molar-refractivity contribution is -0.274. The Balaban J connectivity index is 2.04. The molecule has 2 aromatic carbocycles. The summed E-state index contributed by atoms with van der Waals surface area (Å²) in [6.45, 7) is 1.63. The van der Waals surface area contributed by atoms with Gasteiger partial charge in [0.05, 0.1) is 18.2 Å². The van der Waals surface area contributed by atoms with Gasteiger partial charge in [-0.25, -0.2) is 4.39 Å². The van der Waals surface area contributed by atoms with Crippen molar-refractivity contribution in [1.82, 2.24) is 4.98 Å². The van der Waals surface area contributed by atoms with Gasteiger partial charge in [-0.05, 0) is 43.3 Å². The largest absolute Gasteiger partial charge is 0.573 e. The second-order valence-electron chi connectivity index (χ2n) is 6.93. The summed E-state index contributed by atoms with van der Waals surface area (Å²) < 4.78 is 106. The van der Waals surface area contributed by atoms with Crippen LogP contribution >= 0.6 is 0 Å². The van der Waals surface area contributed by atoms with E-state index < -0.39 is 46.9 Å². The van der Waals surface area contributed by atoms with Crippen LogP contribution in [0.3, 0.4) is 0 Å². The molecule has 6 nitrogen and oxygen atoms in total. The Bertz CT molecular complexity index is 1240. The molecule has 0 saturated carbocycles. The van der Waals surface area contributed by atoms with E-state index >= 15 is 0 Å². The smallest absolute Gasteiger partial charge is 0.493 e. The van der Waals surface area contributed by atoms with Gasteiger partial charge in [0, 0.05) is 23.6 Å². The quantitative estimate of drug-likeness (QED) is 0.388. The van der Waals surface area contributed by atoms with Gasteiger partial charge in [0.1, 0.15) is 17.3 Å². The standard InChI is InChI=1S/C22H15F7N2O4/c1-11-7-12(5-6-30-11)31-20(32)14-9-16(23)15(21(24,25)26)10-18(14)34-17-4-3-13(8-19(17)33-2)35-22(27,28)29/h3-10H,1-2H3,(H,30,31,32). The molecular formula is C22H15F7N2O4. The van der Waals surface area contributed by atoms with Crippen LogP contribution in [-0.4, -0.2) is 24.4 Å². The van der Waals surface area contributed by atoms with Crippen molar-refractivity contribution in [2.45, 2.75) is 19.5 Å². The first-order valence-electron chi connectivity index (χ1n) is 9.53. The normalized spacial score (nSPS) is 11.7. The van der Waals surface area contributed by atoms with E-state index in [4.69, 9.17) is 9.47 Å². The molecule has 3 aromatic rings. The van der Waals surface area contributed by atoms with Crippen LogP contribution in [0.2, 0.25) is 0 Å². The number of ether oxygens (including phenoxy) is 3. The predicted molar refractivity (Wildman–Crippen MR) is 108 cm³/mol. The van der Waals surface area contributed by atoms with Gasteiger partial charge >= 0.3 is 12.5 Å². The average molecular weight is 504 g/mol. The number of rotatable bonds is 6. The fourth-order valence-corrected chi connectivity index (χ4v) is 2.90. The number of alkyl halides is 6. The van der Waals surface area contributed by atoms with Gasteiger partial charge in [-0.3, -0.25) is 9.78 Å². The Morgan fingerprint density at radius 1 is 0.943 bits per heavy atom. The Morgan fingerprint density at radius 3 is 2.26 bits per heavy atom. The third-order valence-electron chi connectivity index (χ3n) is 4.36. The van der Waals surface area contributed by atoms with E-state index in [0.29, 0.717) is 11.8 Å². The zero-order valence-electron chi connectivity index (χ0n) is 17.8. The maximum Gasteiger partial charge on any atom is 0.573 e. The zero-order chi connectivity index (χ0) is 26.0. The number of hydrogen-bond donors (Lipinski definition) is 1. The minimum atomic E-state index is -5.13. The minimum Gasteiger partial charge on any atom is -0.493 e. The van der Waals surface area contributed by atoms with Crippen molar-refractivity contribution in [1.29, 1.82) is 0 Å². The molecular weight excluding hydrogens is 489 g/mol. The highest BCUT2D eigenvalue weighted by atomic mass is 19.4. The fourth-order valence-electron chi connectivity index (χ4n) is 2.90. The third-order valence-corrected chi connectivity index (χ3v) is 4.36. The summed E-state index contributed by atoms with van der Waals surface area (Å²) in [5, 5.41) is 2.39. The maximum atomic E-state index is 14.3. The van der Waals surface area contributed by atoms with E-state index in [1.165, 1.54) is 18.3 Å². The van der Waals surface area contributed by atoms with Crippen LogP contribution in [0.5, 0.6) is 23.0 Å². The number of carbonyl (C=O) groups excluding carboxylic acids is 1. The molecule has 0 aliphatic carbocycles. The molecule has 3 rings (SSSR count). The lowest BCUT2D eigenvalue weighted by Gasteiger charge is -2.17. The molecule has 35 heavy (non-hydrogen) atoms. The van der Waals surface area contributed by atoms with Crippen molar-refractivity contribution in [3.8, 4) is 23.0 Å². The van der Waals surface area contributed by atoms with Gasteiger partial charge in [0.2, 0.25) is 0 Å². The van der Waals surface area contributed by atoms with Crippen LogP contribution in [0, 0.1) is 12.7 Å². The van der Waals surface area contributed by atoms with E-state index in [0.717, 1.165) is 25.3 Å². The third kappa shape index (κ3) is 6.52. The molecule has 186 valence electrons. The van der Waals surface area contributed by atoms with Gasteiger partial charge in [-0.2, -0.15) is 13.2 Å². The number of amides is 1. The lowest BCUT2D eigenvalue weighted by Crippen LogP contribution is -2.17. The van der Waals surface area contributed by atoms with Gasteiger partial charge in [-0.15, -0.1) is 13.2 Å². The highest BCUT2D eigenvalue weighted by Gasteiger charge is 2.36. The molecule has 0 radical (unpaired) electrons. The SMILES string of the molecule is COc1cc(OC(F)(F)F)ccc1Oc1cc(C(F)(F)F)c(F)cc1C(=O)Nc1ccnc(C)c1.